The SMILES string of the molecule is CCC(CN)C(=O)N1CCC(C(C)C)C1. The minimum absolute atomic E-state index is 0.0379. The van der Waals surface area contributed by atoms with Crippen LogP contribution in [0.2, 0.25) is 0 Å². The van der Waals surface area contributed by atoms with Gasteiger partial charge in [-0.25, -0.2) is 0 Å². The Labute approximate surface area is 93.0 Å². The Hall–Kier alpha value is -0.570. The molecular weight excluding hydrogens is 188 g/mol. The molecule has 0 radical (unpaired) electrons. The Morgan fingerprint density at radius 3 is 2.60 bits per heavy atom. The van der Waals surface area contributed by atoms with Crippen molar-refractivity contribution in [1.29, 1.82) is 0 Å². The van der Waals surface area contributed by atoms with Crippen LogP contribution in [0.3, 0.4) is 0 Å². The van der Waals surface area contributed by atoms with E-state index in [1.165, 1.54) is 0 Å². The van der Waals surface area contributed by atoms with E-state index in [9.17, 15) is 4.79 Å². The van der Waals surface area contributed by atoms with Crippen molar-refractivity contribution >= 4 is 5.91 Å². The largest absolute Gasteiger partial charge is 0.342 e. The van der Waals surface area contributed by atoms with Gasteiger partial charge in [-0.15, -0.1) is 0 Å². The highest BCUT2D eigenvalue weighted by Gasteiger charge is 2.30. The quantitative estimate of drug-likeness (QED) is 0.767. The highest BCUT2D eigenvalue weighted by molar-refractivity contribution is 5.79. The molecule has 0 aliphatic carbocycles. The van der Waals surface area contributed by atoms with Crippen LogP contribution in [0.5, 0.6) is 0 Å². The fourth-order valence-electron chi connectivity index (χ4n) is 2.23. The van der Waals surface area contributed by atoms with Gasteiger partial charge in [0.15, 0.2) is 0 Å². The van der Waals surface area contributed by atoms with E-state index in [1.807, 2.05) is 11.8 Å². The van der Waals surface area contributed by atoms with E-state index in [4.69, 9.17) is 5.73 Å². The van der Waals surface area contributed by atoms with Crippen molar-refractivity contribution in [3.63, 3.8) is 0 Å². The molecule has 1 fully saturated rings. The van der Waals surface area contributed by atoms with E-state index in [1.54, 1.807) is 0 Å². The number of nitrogens with zero attached hydrogens (tertiary/aromatic N) is 1. The molecule has 0 aromatic carbocycles. The van der Waals surface area contributed by atoms with Gasteiger partial charge < -0.3 is 10.6 Å². The Bertz CT molecular complexity index is 212. The summed E-state index contributed by atoms with van der Waals surface area (Å²) in [6.45, 7) is 8.85. The molecule has 1 amide bonds. The Morgan fingerprint density at radius 2 is 2.20 bits per heavy atom. The van der Waals surface area contributed by atoms with Crippen LogP contribution in [0.1, 0.15) is 33.6 Å². The molecule has 15 heavy (non-hydrogen) atoms. The topological polar surface area (TPSA) is 46.3 Å². The standard InChI is InChI=1S/C12H24N2O/c1-4-10(7-13)12(15)14-6-5-11(8-14)9(2)3/h9-11H,4-8,13H2,1-3H3. The van der Waals surface area contributed by atoms with Crippen molar-refractivity contribution in [3.8, 4) is 0 Å². The van der Waals surface area contributed by atoms with Gasteiger partial charge in [-0.2, -0.15) is 0 Å². The average Bonchev–Trinajstić information content (AvgIpc) is 2.68. The summed E-state index contributed by atoms with van der Waals surface area (Å²) in [7, 11) is 0. The molecule has 0 bridgehead atoms. The van der Waals surface area contributed by atoms with Gasteiger partial charge in [0.05, 0.1) is 5.92 Å². The summed E-state index contributed by atoms with van der Waals surface area (Å²) in [6.07, 6.45) is 2.02. The summed E-state index contributed by atoms with van der Waals surface area (Å²) < 4.78 is 0. The maximum absolute atomic E-state index is 12.0. The predicted octanol–water partition coefficient (Wildman–Crippen LogP) is 1.48. The molecule has 0 saturated carbocycles. The van der Waals surface area contributed by atoms with Gasteiger partial charge in [0.2, 0.25) is 5.91 Å². The van der Waals surface area contributed by atoms with Gasteiger partial charge in [-0.05, 0) is 24.7 Å². The second-order valence-corrected chi connectivity index (χ2v) is 4.92. The maximum atomic E-state index is 12.0. The molecule has 1 heterocycles. The zero-order chi connectivity index (χ0) is 11.4. The third-order valence-electron chi connectivity index (χ3n) is 3.61. The van der Waals surface area contributed by atoms with Crippen LogP contribution in [-0.2, 0) is 4.79 Å². The van der Waals surface area contributed by atoms with Gasteiger partial charge in [0.25, 0.3) is 0 Å². The van der Waals surface area contributed by atoms with Crippen LogP contribution in [0.25, 0.3) is 0 Å². The number of rotatable bonds is 4. The molecule has 3 nitrogen and oxygen atoms in total. The Kier molecular flexibility index (Phi) is 4.58. The van der Waals surface area contributed by atoms with Crippen molar-refractivity contribution in [2.75, 3.05) is 19.6 Å². The van der Waals surface area contributed by atoms with Crippen LogP contribution < -0.4 is 5.73 Å². The lowest BCUT2D eigenvalue weighted by atomic mass is 9.95. The van der Waals surface area contributed by atoms with Crippen LogP contribution in [0.15, 0.2) is 0 Å². The van der Waals surface area contributed by atoms with E-state index in [-0.39, 0.29) is 11.8 Å². The second-order valence-electron chi connectivity index (χ2n) is 4.92. The van der Waals surface area contributed by atoms with E-state index < -0.39 is 0 Å². The number of nitrogens with two attached hydrogens (primary N) is 1. The average molecular weight is 212 g/mol. The zero-order valence-electron chi connectivity index (χ0n) is 10.2. The highest BCUT2D eigenvalue weighted by Crippen LogP contribution is 2.25. The minimum atomic E-state index is 0.0379. The number of carbonyl (C=O) groups excluding carboxylic acids is 1. The smallest absolute Gasteiger partial charge is 0.226 e. The number of carbonyl (C=O) groups is 1. The van der Waals surface area contributed by atoms with E-state index in [0.29, 0.717) is 18.4 Å². The fraction of sp³-hybridized carbons (Fsp3) is 0.917. The van der Waals surface area contributed by atoms with Crippen LogP contribution in [0.4, 0.5) is 0 Å². The second kappa shape index (κ2) is 5.50. The third kappa shape index (κ3) is 2.94. The summed E-state index contributed by atoms with van der Waals surface area (Å²) in [5.74, 6) is 1.67. The summed E-state index contributed by atoms with van der Waals surface area (Å²) in [4.78, 5) is 14.0. The molecule has 0 aromatic rings. The molecule has 1 rings (SSSR count). The first-order valence-electron chi connectivity index (χ1n) is 6.09. The lowest BCUT2D eigenvalue weighted by molar-refractivity contribution is -0.134. The summed E-state index contributed by atoms with van der Waals surface area (Å²) in [5, 5.41) is 0. The molecule has 1 saturated heterocycles. The van der Waals surface area contributed by atoms with Gasteiger partial charge in [0.1, 0.15) is 0 Å². The summed E-state index contributed by atoms with van der Waals surface area (Å²) in [5.41, 5.74) is 5.60. The number of hydrogen-bond acceptors (Lipinski definition) is 2. The number of amides is 1. The predicted molar refractivity (Wildman–Crippen MR) is 62.4 cm³/mol. The normalized spacial score (nSPS) is 23.5. The third-order valence-corrected chi connectivity index (χ3v) is 3.61. The van der Waals surface area contributed by atoms with Crippen LogP contribution >= 0.6 is 0 Å². The van der Waals surface area contributed by atoms with Gasteiger partial charge in [-0.3, -0.25) is 4.79 Å². The lowest BCUT2D eigenvalue weighted by Crippen LogP contribution is -2.37. The van der Waals surface area contributed by atoms with E-state index in [0.717, 1.165) is 25.9 Å². The highest BCUT2D eigenvalue weighted by atomic mass is 16.2. The number of likely N-dealkylation sites (tertiary alicyclic amines) is 1. The first-order chi connectivity index (χ1) is 7.10. The van der Waals surface area contributed by atoms with Gasteiger partial charge in [-0.1, -0.05) is 20.8 Å². The van der Waals surface area contributed by atoms with Gasteiger partial charge >= 0.3 is 0 Å². The Morgan fingerprint density at radius 1 is 1.53 bits per heavy atom. The minimum Gasteiger partial charge on any atom is -0.342 e. The van der Waals surface area contributed by atoms with Crippen molar-refractivity contribution in [3.05, 3.63) is 0 Å². The van der Waals surface area contributed by atoms with Crippen LogP contribution in [0, 0.1) is 17.8 Å². The summed E-state index contributed by atoms with van der Waals surface area (Å²) in [6, 6.07) is 0. The molecule has 1 aliphatic rings. The number of hydrogen-bond donors (Lipinski definition) is 1. The van der Waals surface area contributed by atoms with Crippen molar-refractivity contribution in [2.45, 2.75) is 33.6 Å². The molecule has 3 heteroatoms. The van der Waals surface area contributed by atoms with Crippen molar-refractivity contribution in [2.24, 2.45) is 23.5 Å². The van der Waals surface area contributed by atoms with Gasteiger partial charge in [0, 0.05) is 19.6 Å². The first kappa shape index (κ1) is 12.5. The molecule has 88 valence electrons. The maximum Gasteiger partial charge on any atom is 0.226 e. The monoisotopic (exact) mass is 212 g/mol. The van der Waals surface area contributed by atoms with E-state index >= 15 is 0 Å². The first-order valence-corrected chi connectivity index (χ1v) is 6.09. The molecule has 1 aliphatic heterocycles. The molecule has 2 unspecified atom stereocenters. The Balaban J connectivity index is 2.49. The molecule has 2 atom stereocenters. The lowest BCUT2D eigenvalue weighted by Gasteiger charge is -2.22. The van der Waals surface area contributed by atoms with Crippen molar-refractivity contribution in [1.82, 2.24) is 4.90 Å². The van der Waals surface area contributed by atoms with E-state index in [2.05, 4.69) is 13.8 Å². The molecular formula is C12H24N2O. The zero-order valence-corrected chi connectivity index (χ0v) is 10.2. The fourth-order valence-corrected chi connectivity index (χ4v) is 2.23. The summed E-state index contributed by atoms with van der Waals surface area (Å²) >= 11 is 0. The molecule has 2 N–H and O–H groups in total. The van der Waals surface area contributed by atoms with Crippen molar-refractivity contribution < 1.29 is 4.79 Å². The molecule has 0 aromatic heterocycles. The van der Waals surface area contributed by atoms with Crippen LogP contribution in [-0.4, -0.2) is 30.4 Å². The molecule has 0 spiro atoms.